The Kier molecular flexibility index (Phi) is 6.63. The minimum absolute atomic E-state index is 0.0474. The van der Waals surface area contributed by atoms with Crippen molar-refractivity contribution in [2.75, 3.05) is 0 Å². The Hall–Kier alpha value is -3.61. The minimum Gasteiger partial charge on any atom is -0.461 e. The Balaban J connectivity index is 1.59. The molecule has 29 heavy (non-hydrogen) atoms. The van der Waals surface area contributed by atoms with Crippen LogP contribution in [0.25, 0.3) is 0 Å². The van der Waals surface area contributed by atoms with E-state index in [-0.39, 0.29) is 18.9 Å². The maximum absolute atomic E-state index is 12.2. The molecule has 2 amide bonds. The van der Waals surface area contributed by atoms with Crippen LogP contribution in [-0.4, -0.2) is 29.9 Å². The van der Waals surface area contributed by atoms with E-state index in [1.165, 1.54) is 6.08 Å². The number of esters is 1. The molecule has 150 valence electrons. The average molecular weight is 393 g/mol. The van der Waals surface area contributed by atoms with Gasteiger partial charge in [0.1, 0.15) is 12.6 Å². The van der Waals surface area contributed by atoms with E-state index in [0.29, 0.717) is 12.1 Å². The smallest absolute Gasteiger partial charge is 0.308 e. The molecule has 0 bridgehead atoms. The fourth-order valence-electron chi connectivity index (χ4n) is 3.07. The topological polar surface area (TPSA) is 111 Å². The lowest BCUT2D eigenvalue weighted by molar-refractivity contribution is -0.145. The maximum atomic E-state index is 12.2. The zero-order valence-corrected chi connectivity index (χ0v) is 15.8. The molecule has 0 aliphatic carbocycles. The largest absolute Gasteiger partial charge is 0.461 e. The van der Waals surface area contributed by atoms with E-state index in [1.807, 2.05) is 60.7 Å². The Morgan fingerprint density at radius 1 is 1.03 bits per heavy atom. The second kappa shape index (κ2) is 9.54. The first-order valence-corrected chi connectivity index (χ1v) is 9.32. The molecule has 0 radical (unpaired) electrons. The van der Waals surface area contributed by atoms with Crippen LogP contribution in [0.1, 0.15) is 17.5 Å². The second-order valence-corrected chi connectivity index (χ2v) is 6.80. The lowest BCUT2D eigenvalue weighted by Crippen LogP contribution is -2.45. The molecule has 0 unspecified atom stereocenters. The third-order valence-corrected chi connectivity index (χ3v) is 4.56. The van der Waals surface area contributed by atoms with Gasteiger partial charge in [0, 0.05) is 18.2 Å². The average Bonchev–Trinajstić information content (AvgIpc) is 3.06. The monoisotopic (exact) mass is 393 g/mol. The Bertz CT molecular complexity index is 897. The summed E-state index contributed by atoms with van der Waals surface area (Å²) in [7, 11) is 0. The number of hydrogen-bond acceptors (Lipinski definition) is 5. The number of amides is 2. The molecule has 2 aromatic carbocycles. The molecule has 7 nitrogen and oxygen atoms in total. The van der Waals surface area contributed by atoms with E-state index in [4.69, 9.17) is 10.5 Å². The van der Waals surface area contributed by atoms with E-state index in [9.17, 15) is 14.4 Å². The molecule has 0 fully saturated rings. The quantitative estimate of drug-likeness (QED) is 0.554. The number of nitrogens with two attached hydrogens (primary N) is 1. The highest BCUT2D eigenvalue weighted by molar-refractivity contribution is 5.93. The number of primary amides is 1. The Morgan fingerprint density at radius 2 is 1.66 bits per heavy atom. The van der Waals surface area contributed by atoms with Crippen molar-refractivity contribution < 1.29 is 19.1 Å². The van der Waals surface area contributed by atoms with Crippen LogP contribution < -0.4 is 16.4 Å². The van der Waals surface area contributed by atoms with Crippen molar-refractivity contribution >= 4 is 17.8 Å². The van der Waals surface area contributed by atoms with Gasteiger partial charge in [-0.2, -0.15) is 0 Å². The van der Waals surface area contributed by atoms with Crippen LogP contribution in [0.4, 0.5) is 0 Å². The summed E-state index contributed by atoms with van der Waals surface area (Å²) in [4.78, 5) is 36.0. The summed E-state index contributed by atoms with van der Waals surface area (Å²) in [5.41, 5.74) is 7.79. The zero-order chi connectivity index (χ0) is 20.6. The Morgan fingerprint density at radius 3 is 2.28 bits per heavy atom. The standard InChI is InChI=1S/C22H23N3O4/c23-22(28)19(11-15-7-3-1-4-8-15)24-17-12-20(26)25-18(17)13-21(27)29-14-16-9-5-2-6-10-16/h1-10,12,18-19,24H,11,13-14H2,(H2,23,28)(H,25,26)/t18-,19-/m0/s1. The molecule has 7 heteroatoms. The van der Waals surface area contributed by atoms with Crippen LogP contribution >= 0.6 is 0 Å². The maximum Gasteiger partial charge on any atom is 0.308 e. The van der Waals surface area contributed by atoms with Gasteiger partial charge in [-0.05, 0) is 11.1 Å². The predicted molar refractivity (Wildman–Crippen MR) is 107 cm³/mol. The van der Waals surface area contributed by atoms with Gasteiger partial charge < -0.3 is 21.1 Å². The Labute approximate surface area is 168 Å². The number of hydrogen-bond donors (Lipinski definition) is 3. The molecule has 2 aromatic rings. The van der Waals surface area contributed by atoms with E-state index in [1.54, 1.807) is 0 Å². The van der Waals surface area contributed by atoms with Gasteiger partial charge in [0.15, 0.2) is 0 Å². The molecule has 1 heterocycles. The van der Waals surface area contributed by atoms with Crippen molar-refractivity contribution in [1.29, 1.82) is 0 Å². The molecule has 4 N–H and O–H groups in total. The van der Waals surface area contributed by atoms with Gasteiger partial charge in [0.05, 0.1) is 12.5 Å². The summed E-state index contributed by atoms with van der Waals surface area (Å²) >= 11 is 0. The molecule has 0 aromatic heterocycles. The van der Waals surface area contributed by atoms with Gasteiger partial charge >= 0.3 is 5.97 Å². The minimum atomic E-state index is -0.709. The van der Waals surface area contributed by atoms with Gasteiger partial charge in [-0.25, -0.2) is 0 Å². The molecule has 3 rings (SSSR count). The van der Waals surface area contributed by atoms with Crippen molar-refractivity contribution in [3.8, 4) is 0 Å². The summed E-state index contributed by atoms with van der Waals surface area (Å²) in [6.45, 7) is 0.157. The molecule has 0 saturated heterocycles. The first kappa shape index (κ1) is 20.1. The lowest BCUT2D eigenvalue weighted by Gasteiger charge is -2.21. The highest BCUT2D eigenvalue weighted by Gasteiger charge is 2.29. The van der Waals surface area contributed by atoms with Gasteiger partial charge in [-0.15, -0.1) is 0 Å². The zero-order valence-electron chi connectivity index (χ0n) is 15.8. The van der Waals surface area contributed by atoms with Crippen molar-refractivity contribution in [2.45, 2.75) is 31.5 Å². The van der Waals surface area contributed by atoms with Crippen LogP contribution in [0.3, 0.4) is 0 Å². The van der Waals surface area contributed by atoms with Gasteiger partial charge in [0.2, 0.25) is 11.8 Å². The number of carbonyl (C=O) groups is 3. The SMILES string of the molecule is NC(=O)[C@H](Cc1ccccc1)NC1=CC(=O)N[C@H]1CC(=O)OCc1ccccc1. The van der Waals surface area contributed by atoms with E-state index in [0.717, 1.165) is 11.1 Å². The van der Waals surface area contributed by atoms with Crippen LogP contribution in [-0.2, 0) is 32.1 Å². The summed E-state index contributed by atoms with van der Waals surface area (Å²) in [5, 5.41) is 5.71. The lowest BCUT2D eigenvalue weighted by atomic mass is 10.0. The summed E-state index contributed by atoms with van der Waals surface area (Å²) in [6, 6.07) is 17.4. The third kappa shape index (κ3) is 5.93. The highest BCUT2D eigenvalue weighted by Crippen LogP contribution is 2.14. The van der Waals surface area contributed by atoms with Crippen molar-refractivity contribution in [3.05, 3.63) is 83.6 Å². The molecule has 2 atom stereocenters. The summed E-state index contributed by atoms with van der Waals surface area (Å²) in [6.07, 6.45) is 1.66. The van der Waals surface area contributed by atoms with Crippen LogP contribution in [0.5, 0.6) is 0 Å². The normalized spacial score (nSPS) is 16.5. The van der Waals surface area contributed by atoms with E-state index in [2.05, 4.69) is 10.6 Å². The van der Waals surface area contributed by atoms with Crippen LogP contribution in [0.15, 0.2) is 72.4 Å². The fraction of sp³-hybridized carbons (Fsp3) is 0.227. The van der Waals surface area contributed by atoms with E-state index < -0.39 is 24.0 Å². The third-order valence-electron chi connectivity index (χ3n) is 4.56. The molecular formula is C22H23N3O4. The van der Waals surface area contributed by atoms with Crippen molar-refractivity contribution in [1.82, 2.24) is 10.6 Å². The summed E-state index contributed by atoms with van der Waals surface area (Å²) < 4.78 is 5.28. The van der Waals surface area contributed by atoms with Crippen molar-refractivity contribution in [2.24, 2.45) is 5.73 Å². The van der Waals surface area contributed by atoms with Gasteiger partial charge in [-0.1, -0.05) is 60.7 Å². The summed E-state index contributed by atoms with van der Waals surface area (Å²) in [5.74, 6) is -1.33. The first-order valence-electron chi connectivity index (χ1n) is 9.32. The molecular weight excluding hydrogens is 370 g/mol. The molecule has 1 aliphatic heterocycles. The molecule has 0 spiro atoms. The molecule has 1 aliphatic rings. The fourth-order valence-corrected chi connectivity index (χ4v) is 3.07. The second-order valence-electron chi connectivity index (χ2n) is 6.80. The first-order chi connectivity index (χ1) is 14.0. The van der Waals surface area contributed by atoms with Crippen LogP contribution in [0.2, 0.25) is 0 Å². The number of rotatable bonds is 9. The van der Waals surface area contributed by atoms with E-state index >= 15 is 0 Å². The van der Waals surface area contributed by atoms with Crippen LogP contribution in [0, 0.1) is 0 Å². The highest BCUT2D eigenvalue weighted by atomic mass is 16.5. The van der Waals surface area contributed by atoms with Gasteiger partial charge in [0.25, 0.3) is 0 Å². The van der Waals surface area contributed by atoms with Gasteiger partial charge in [-0.3, -0.25) is 14.4 Å². The van der Waals surface area contributed by atoms with Crippen molar-refractivity contribution in [3.63, 3.8) is 0 Å². The number of carbonyl (C=O) groups excluding carboxylic acids is 3. The number of ether oxygens (including phenoxy) is 1. The number of nitrogens with one attached hydrogen (secondary N) is 2. The number of benzene rings is 2. The predicted octanol–water partition coefficient (Wildman–Crippen LogP) is 1.19. The molecule has 0 saturated carbocycles.